The van der Waals surface area contributed by atoms with Crippen LogP contribution in [0.1, 0.15) is 44.0 Å². The third kappa shape index (κ3) is 4.19. The Hall–Kier alpha value is -1.86. The van der Waals surface area contributed by atoms with Crippen LogP contribution in [-0.4, -0.2) is 42.5 Å². The molecule has 27 heavy (non-hydrogen) atoms. The summed E-state index contributed by atoms with van der Waals surface area (Å²) in [6.07, 6.45) is 5.57. The van der Waals surface area contributed by atoms with Crippen LogP contribution >= 0.6 is 0 Å². The highest BCUT2D eigenvalue weighted by molar-refractivity contribution is 7.89. The van der Waals surface area contributed by atoms with Crippen LogP contribution in [0.5, 0.6) is 5.75 Å². The molecule has 0 radical (unpaired) electrons. The first-order chi connectivity index (χ1) is 12.8. The van der Waals surface area contributed by atoms with E-state index in [1.807, 2.05) is 25.4 Å². The summed E-state index contributed by atoms with van der Waals surface area (Å²) in [5.74, 6) is 2.34. The van der Waals surface area contributed by atoms with Crippen molar-refractivity contribution < 1.29 is 13.2 Å². The Morgan fingerprint density at radius 3 is 2.59 bits per heavy atom. The minimum Gasteiger partial charge on any atom is -0.495 e. The first-order valence-electron chi connectivity index (χ1n) is 9.48. The molecule has 148 valence electrons. The van der Waals surface area contributed by atoms with Crippen LogP contribution in [0.2, 0.25) is 0 Å². The molecule has 0 unspecified atom stereocenters. The fourth-order valence-electron chi connectivity index (χ4n) is 3.71. The first kappa shape index (κ1) is 19.9. The number of piperidine rings is 1. The summed E-state index contributed by atoms with van der Waals surface area (Å²) in [6.45, 7) is 8.15. The van der Waals surface area contributed by atoms with Crippen molar-refractivity contribution in [2.45, 2.75) is 51.0 Å². The van der Waals surface area contributed by atoms with Gasteiger partial charge in [-0.25, -0.2) is 13.4 Å². The van der Waals surface area contributed by atoms with E-state index < -0.39 is 10.0 Å². The number of sulfonamides is 1. The van der Waals surface area contributed by atoms with Crippen LogP contribution in [0.25, 0.3) is 0 Å². The van der Waals surface area contributed by atoms with Crippen molar-refractivity contribution in [1.29, 1.82) is 0 Å². The molecule has 0 atom stereocenters. The number of nitrogens with zero attached hydrogens (tertiary/aromatic N) is 3. The van der Waals surface area contributed by atoms with E-state index >= 15 is 0 Å². The number of benzene rings is 1. The molecule has 6 nitrogen and oxygen atoms in total. The third-order valence-electron chi connectivity index (χ3n) is 5.23. The number of aromatic nitrogens is 2. The number of hydrogen-bond donors (Lipinski definition) is 0. The average Bonchev–Trinajstić information content (AvgIpc) is 3.10. The molecule has 1 fully saturated rings. The predicted molar refractivity (Wildman–Crippen MR) is 106 cm³/mol. The van der Waals surface area contributed by atoms with Crippen LogP contribution < -0.4 is 4.74 Å². The Morgan fingerprint density at radius 1 is 1.26 bits per heavy atom. The van der Waals surface area contributed by atoms with E-state index in [-0.39, 0.29) is 4.90 Å². The molecule has 3 rings (SSSR count). The van der Waals surface area contributed by atoms with Gasteiger partial charge in [0.2, 0.25) is 10.0 Å². The maximum atomic E-state index is 13.1. The van der Waals surface area contributed by atoms with Crippen molar-refractivity contribution in [1.82, 2.24) is 13.9 Å². The highest BCUT2D eigenvalue weighted by atomic mass is 32.2. The van der Waals surface area contributed by atoms with Gasteiger partial charge in [-0.2, -0.15) is 4.31 Å². The lowest BCUT2D eigenvalue weighted by Crippen LogP contribution is -2.39. The molecule has 7 heteroatoms. The van der Waals surface area contributed by atoms with E-state index in [2.05, 4.69) is 23.4 Å². The molecule has 1 aromatic carbocycles. The molecule has 1 aliphatic heterocycles. The van der Waals surface area contributed by atoms with E-state index in [1.165, 1.54) is 7.11 Å². The first-order valence-corrected chi connectivity index (χ1v) is 10.9. The van der Waals surface area contributed by atoms with Crippen molar-refractivity contribution in [3.63, 3.8) is 0 Å². The molecule has 0 aliphatic carbocycles. The van der Waals surface area contributed by atoms with Crippen LogP contribution in [0, 0.1) is 12.8 Å². The van der Waals surface area contributed by atoms with Crippen molar-refractivity contribution in [2.75, 3.05) is 20.2 Å². The summed E-state index contributed by atoms with van der Waals surface area (Å²) in [4.78, 5) is 4.71. The molecular weight excluding hydrogens is 362 g/mol. The third-order valence-corrected chi connectivity index (χ3v) is 7.15. The zero-order valence-electron chi connectivity index (χ0n) is 16.6. The number of hydrogen-bond acceptors (Lipinski definition) is 4. The molecular formula is C20H29N3O3S. The second-order valence-electron chi connectivity index (χ2n) is 7.59. The molecule has 1 aromatic heterocycles. The topological polar surface area (TPSA) is 64.4 Å². The average molecular weight is 392 g/mol. The van der Waals surface area contributed by atoms with Crippen LogP contribution in [0.4, 0.5) is 0 Å². The van der Waals surface area contributed by atoms with Crippen molar-refractivity contribution in [2.24, 2.45) is 5.92 Å². The van der Waals surface area contributed by atoms with Crippen molar-refractivity contribution in [3.8, 4) is 5.75 Å². The number of imidazole rings is 1. The van der Waals surface area contributed by atoms with E-state index in [0.29, 0.717) is 30.7 Å². The number of ether oxygens (including phenoxy) is 1. The summed E-state index contributed by atoms with van der Waals surface area (Å²) >= 11 is 0. The van der Waals surface area contributed by atoms with Crippen LogP contribution in [-0.2, 0) is 16.6 Å². The minimum atomic E-state index is -3.55. The molecule has 0 saturated carbocycles. The normalized spacial score (nSPS) is 16.8. The van der Waals surface area contributed by atoms with Gasteiger partial charge >= 0.3 is 0 Å². The molecule has 2 heterocycles. The Balaban J connectivity index is 1.70. The number of rotatable bonds is 6. The fourth-order valence-corrected chi connectivity index (χ4v) is 5.42. The van der Waals surface area contributed by atoms with Gasteiger partial charge in [-0.3, -0.25) is 0 Å². The van der Waals surface area contributed by atoms with Gasteiger partial charge in [0.05, 0.1) is 7.11 Å². The summed E-state index contributed by atoms with van der Waals surface area (Å²) in [5, 5.41) is 0. The zero-order chi connectivity index (χ0) is 19.6. The van der Waals surface area contributed by atoms with E-state index in [0.717, 1.165) is 30.8 Å². The second-order valence-corrected chi connectivity index (χ2v) is 9.50. The predicted octanol–water partition coefficient (Wildman–Crippen LogP) is 3.42. The Labute approximate surface area is 162 Å². The lowest BCUT2D eigenvalue weighted by molar-refractivity contribution is 0.250. The van der Waals surface area contributed by atoms with Crippen molar-refractivity contribution >= 4 is 10.0 Å². The Kier molecular flexibility index (Phi) is 5.91. The van der Waals surface area contributed by atoms with Gasteiger partial charge < -0.3 is 9.30 Å². The Morgan fingerprint density at radius 2 is 1.96 bits per heavy atom. The van der Waals surface area contributed by atoms with Gasteiger partial charge in [-0.1, -0.05) is 19.9 Å². The highest BCUT2D eigenvalue weighted by Gasteiger charge is 2.31. The lowest BCUT2D eigenvalue weighted by Gasteiger charge is -2.32. The number of aryl methyl sites for hydroxylation is 1. The smallest absolute Gasteiger partial charge is 0.246 e. The molecule has 0 spiro atoms. The SMILES string of the molecule is COc1ccc(C)cc1S(=O)(=O)N1CCC(Cn2ccnc2C(C)C)CC1. The molecule has 1 saturated heterocycles. The van der Waals surface area contributed by atoms with Gasteiger partial charge in [0.1, 0.15) is 16.5 Å². The monoisotopic (exact) mass is 391 g/mol. The molecule has 0 N–H and O–H groups in total. The standard InChI is InChI=1S/C20H29N3O3S/c1-15(2)20-21-9-12-22(20)14-17-7-10-23(11-8-17)27(24,25)19-13-16(3)5-6-18(19)26-4/h5-6,9,12-13,15,17H,7-8,10-11,14H2,1-4H3. The molecule has 1 aliphatic rings. The Bertz CT molecular complexity index is 882. The summed E-state index contributed by atoms with van der Waals surface area (Å²) in [7, 11) is -2.04. The fraction of sp³-hybridized carbons (Fsp3) is 0.550. The van der Waals surface area contributed by atoms with Crippen molar-refractivity contribution in [3.05, 3.63) is 42.0 Å². The minimum absolute atomic E-state index is 0.264. The molecule has 0 amide bonds. The number of methoxy groups -OCH3 is 1. The van der Waals surface area contributed by atoms with Crippen LogP contribution in [0.15, 0.2) is 35.5 Å². The summed E-state index contributed by atoms with van der Waals surface area (Å²) in [5.41, 5.74) is 0.908. The van der Waals surface area contributed by atoms with Gasteiger partial charge in [0.25, 0.3) is 0 Å². The van der Waals surface area contributed by atoms with Gasteiger partial charge in [0.15, 0.2) is 0 Å². The second kappa shape index (κ2) is 8.02. The van der Waals surface area contributed by atoms with Gasteiger partial charge in [0, 0.05) is 37.9 Å². The summed E-state index contributed by atoms with van der Waals surface area (Å²) in [6, 6.07) is 5.28. The lowest BCUT2D eigenvalue weighted by atomic mass is 9.98. The quantitative estimate of drug-likeness (QED) is 0.757. The van der Waals surface area contributed by atoms with Gasteiger partial charge in [-0.05, 0) is 43.4 Å². The maximum absolute atomic E-state index is 13.1. The van der Waals surface area contributed by atoms with E-state index in [4.69, 9.17) is 4.74 Å². The largest absolute Gasteiger partial charge is 0.495 e. The highest BCUT2D eigenvalue weighted by Crippen LogP contribution is 2.31. The summed E-state index contributed by atoms with van der Waals surface area (Å²) < 4.78 is 35.3. The van der Waals surface area contributed by atoms with E-state index in [1.54, 1.807) is 16.4 Å². The maximum Gasteiger partial charge on any atom is 0.246 e. The molecule has 2 aromatic rings. The molecule has 0 bridgehead atoms. The van der Waals surface area contributed by atoms with Crippen LogP contribution in [0.3, 0.4) is 0 Å². The zero-order valence-corrected chi connectivity index (χ0v) is 17.4. The van der Waals surface area contributed by atoms with Gasteiger partial charge in [-0.15, -0.1) is 0 Å². The van der Waals surface area contributed by atoms with E-state index in [9.17, 15) is 8.42 Å².